The molecule has 1 aromatic rings. The highest BCUT2D eigenvalue weighted by molar-refractivity contribution is 7.98. The van der Waals surface area contributed by atoms with Crippen molar-refractivity contribution in [3.05, 3.63) is 29.8 Å². The summed E-state index contributed by atoms with van der Waals surface area (Å²) in [6, 6.07) is 7.91. The van der Waals surface area contributed by atoms with Crippen LogP contribution in [0, 0.1) is 0 Å². The topological polar surface area (TPSA) is 32.3 Å². The van der Waals surface area contributed by atoms with Crippen LogP contribution in [0.1, 0.15) is 12.5 Å². The van der Waals surface area contributed by atoms with E-state index >= 15 is 0 Å². The molecule has 3 heteroatoms. The van der Waals surface area contributed by atoms with Crippen molar-refractivity contribution in [2.45, 2.75) is 19.5 Å². The summed E-state index contributed by atoms with van der Waals surface area (Å²) in [7, 11) is 0. The number of para-hydroxylation sites is 1. The molecule has 0 saturated heterocycles. The predicted molar refractivity (Wildman–Crippen MR) is 62.8 cm³/mol. The Morgan fingerprint density at radius 3 is 2.79 bits per heavy atom. The van der Waals surface area contributed by atoms with Crippen molar-refractivity contribution >= 4 is 11.8 Å². The molecule has 1 rings (SSSR count). The van der Waals surface area contributed by atoms with Gasteiger partial charge in [-0.05, 0) is 19.2 Å². The second-order valence-corrected chi connectivity index (χ2v) is 4.28. The van der Waals surface area contributed by atoms with Crippen molar-refractivity contribution in [2.24, 2.45) is 0 Å². The van der Waals surface area contributed by atoms with E-state index in [-0.39, 0.29) is 0 Å². The highest BCUT2D eigenvalue weighted by Gasteiger charge is 2.02. The molecule has 0 radical (unpaired) electrons. The van der Waals surface area contributed by atoms with Gasteiger partial charge >= 0.3 is 0 Å². The SMILES string of the molecule is CSCC(C)NCc1ccccc1O. The van der Waals surface area contributed by atoms with E-state index in [4.69, 9.17) is 0 Å². The van der Waals surface area contributed by atoms with Gasteiger partial charge in [-0.3, -0.25) is 0 Å². The largest absolute Gasteiger partial charge is 0.508 e. The van der Waals surface area contributed by atoms with Gasteiger partial charge in [0.1, 0.15) is 5.75 Å². The van der Waals surface area contributed by atoms with Crippen LogP contribution in [-0.2, 0) is 6.54 Å². The summed E-state index contributed by atoms with van der Waals surface area (Å²) < 4.78 is 0. The van der Waals surface area contributed by atoms with E-state index < -0.39 is 0 Å². The summed E-state index contributed by atoms with van der Waals surface area (Å²) in [6.45, 7) is 2.88. The molecule has 0 aliphatic rings. The van der Waals surface area contributed by atoms with Crippen molar-refractivity contribution < 1.29 is 5.11 Å². The highest BCUT2D eigenvalue weighted by Crippen LogP contribution is 2.15. The first-order valence-corrected chi connectivity index (χ1v) is 6.12. The second kappa shape index (κ2) is 5.94. The summed E-state index contributed by atoms with van der Waals surface area (Å²) >= 11 is 1.82. The van der Waals surface area contributed by atoms with E-state index in [1.807, 2.05) is 30.0 Å². The molecule has 0 aromatic heterocycles. The average molecular weight is 211 g/mol. The third-order valence-corrected chi connectivity index (χ3v) is 2.88. The van der Waals surface area contributed by atoms with Gasteiger partial charge < -0.3 is 10.4 Å². The van der Waals surface area contributed by atoms with Crippen LogP contribution in [-0.4, -0.2) is 23.2 Å². The van der Waals surface area contributed by atoms with Gasteiger partial charge in [0, 0.05) is 23.9 Å². The van der Waals surface area contributed by atoms with Crippen LogP contribution in [0.5, 0.6) is 5.75 Å². The maximum atomic E-state index is 9.51. The first-order valence-electron chi connectivity index (χ1n) is 4.73. The third kappa shape index (κ3) is 3.60. The van der Waals surface area contributed by atoms with Crippen molar-refractivity contribution in [1.82, 2.24) is 5.32 Å². The molecule has 0 bridgehead atoms. The van der Waals surface area contributed by atoms with Crippen molar-refractivity contribution in [3.63, 3.8) is 0 Å². The molecular formula is C11H17NOS. The predicted octanol–water partition coefficient (Wildman–Crippen LogP) is 2.23. The van der Waals surface area contributed by atoms with Crippen LogP contribution in [0.3, 0.4) is 0 Å². The maximum absolute atomic E-state index is 9.51. The van der Waals surface area contributed by atoms with Gasteiger partial charge in [0.25, 0.3) is 0 Å². The van der Waals surface area contributed by atoms with Gasteiger partial charge in [-0.25, -0.2) is 0 Å². The van der Waals surface area contributed by atoms with E-state index in [1.54, 1.807) is 6.07 Å². The molecule has 0 aliphatic carbocycles. The number of nitrogens with one attached hydrogen (secondary N) is 1. The molecule has 1 atom stereocenters. The van der Waals surface area contributed by atoms with Gasteiger partial charge in [0.05, 0.1) is 0 Å². The quantitative estimate of drug-likeness (QED) is 0.783. The summed E-state index contributed by atoms with van der Waals surface area (Å²) in [4.78, 5) is 0. The lowest BCUT2D eigenvalue weighted by Crippen LogP contribution is -2.27. The molecule has 78 valence electrons. The Hall–Kier alpha value is -0.670. The minimum absolute atomic E-state index is 0.372. The Labute approximate surface area is 89.7 Å². The first kappa shape index (κ1) is 11.4. The Kier molecular flexibility index (Phi) is 4.84. The Morgan fingerprint density at radius 1 is 1.43 bits per heavy atom. The van der Waals surface area contributed by atoms with Crippen LogP contribution in [0.15, 0.2) is 24.3 Å². The molecule has 0 amide bonds. The Bertz CT molecular complexity index is 278. The summed E-state index contributed by atoms with van der Waals surface area (Å²) in [5.41, 5.74) is 0.959. The van der Waals surface area contributed by atoms with E-state index in [0.717, 1.165) is 17.9 Å². The van der Waals surface area contributed by atoms with Crippen molar-refractivity contribution in [2.75, 3.05) is 12.0 Å². The normalized spacial score (nSPS) is 12.7. The zero-order valence-corrected chi connectivity index (χ0v) is 9.47. The van der Waals surface area contributed by atoms with Crippen LogP contribution in [0.4, 0.5) is 0 Å². The molecule has 0 aliphatic heterocycles. The Balaban J connectivity index is 2.41. The first-order chi connectivity index (χ1) is 6.74. The number of aromatic hydroxyl groups is 1. The number of hydrogen-bond acceptors (Lipinski definition) is 3. The summed E-state index contributed by atoms with van der Waals surface area (Å²) in [6.07, 6.45) is 2.10. The fraction of sp³-hybridized carbons (Fsp3) is 0.455. The lowest BCUT2D eigenvalue weighted by atomic mass is 10.2. The zero-order valence-electron chi connectivity index (χ0n) is 8.66. The van der Waals surface area contributed by atoms with Crippen LogP contribution >= 0.6 is 11.8 Å². The zero-order chi connectivity index (χ0) is 10.4. The molecule has 0 spiro atoms. The lowest BCUT2D eigenvalue weighted by molar-refractivity contribution is 0.461. The molecule has 0 saturated carbocycles. The van der Waals surface area contributed by atoms with E-state index in [2.05, 4.69) is 18.5 Å². The van der Waals surface area contributed by atoms with Crippen molar-refractivity contribution in [3.8, 4) is 5.75 Å². The second-order valence-electron chi connectivity index (χ2n) is 3.37. The maximum Gasteiger partial charge on any atom is 0.120 e. The highest BCUT2D eigenvalue weighted by atomic mass is 32.2. The van der Waals surface area contributed by atoms with Crippen LogP contribution in [0.2, 0.25) is 0 Å². The van der Waals surface area contributed by atoms with Gasteiger partial charge in [-0.1, -0.05) is 18.2 Å². The molecular weight excluding hydrogens is 194 g/mol. The van der Waals surface area contributed by atoms with Crippen LogP contribution in [0.25, 0.3) is 0 Å². The minimum Gasteiger partial charge on any atom is -0.508 e. The molecule has 1 unspecified atom stereocenters. The molecule has 1 aromatic carbocycles. The average Bonchev–Trinajstić information content (AvgIpc) is 2.17. The smallest absolute Gasteiger partial charge is 0.120 e. The number of phenols is 1. The minimum atomic E-state index is 0.372. The van der Waals surface area contributed by atoms with E-state index in [9.17, 15) is 5.11 Å². The molecule has 0 heterocycles. The van der Waals surface area contributed by atoms with Crippen LogP contribution < -0.4 is 5.32 Å². The third-order valence-electron chi connectivity index (χ3n) is 2.05. The molecule has 0 fully saturated rings. The molecule has 2 nitrogen and oxygen atoms in total. The Morgan fingerprint density at radius 2 is 2.14 bits per heavy atom. The lowest BCUT2D eigenvalue weighted by Gasteiger charge is -2.12. The van der Waals surface area contributed by atoms with Gasteiger partial charge in [0.15, 0.2) is 0 Å². The fourth-order valence-corrected chi connectivity index (χ4v) is 1.87. The standard InChI is InChI=1S/C11H17NOS/c1-9(8-14-2)12-7-10-5-3-4-6-11(10)13/h3-6,9,12-13H,7-8H2,1-2H3. The number of thioether (sulfide) groups is 1. The number of rotatable bonds is 5. The summed E-state index contributed by atoms with van der Waals surface area (Å²) in [5.74, 6) is 1.46. The van der Waals surface area contributed by atoms with E-state index in [1.165, 1.54) is 0 Å². The molecule has 14 heavy (non-hydrogen) atoms. The fourth-order valence-electron chi connectivity index (χ4n) is 1.25. The summed E-state index contributed by atoms with van der Waals surface area (Å²) in [5, 5.41) is 12.9. The molecule has 2 N–H and O–H groups in total. The number of phenolic OH excluding ortho intramolecular Hbond substituents is 1. The van der Waals surface area contributed by atoms with Gasteiger partial charge in [0.2, 0.25) is 0 Å². The van der Waals surface area contributed by atoms with E-state index in [0.29, 0.717) is 11.8 Å². The monoisotopic (exact) mass is 211 g/mol. The number of hydrogen-bond donors (Lipinski definition) is 2. The van der Waals surface area contributed by atoms with Crippen molar-refractivity contribution in [1.29, 1.82) is 0 Å². The van der Waals surface area contributed by atoms with Gasteiger partial charge in [-0.15, -0.1) is 0 Å². The van der Waals surface area contributed by atoms with Gasteiger partial charge in [-0.2, -0.15) is 11.8 Å². The number of benzene rings is 1.